The number of benzene rings is 3. The number of hydrogen-bond acceptors (Lipinski definition) is 5. The fourth-order valence-corrected chi connectivity index (χ4v) is 6.97. The van der Waals surface area contributed by atoms with E-state index in [0.717, 1.165) is 18.2 Å². The number of alkyl halides is 3. The van der Waals surface area contributed by atoms with Crippen molar-refractivity contribution in [2.45, 2.75) is 69.9 Å². The van der Waals surface area contributed by atoms with Crippen molar-refractivity contribution in [3.63, 3.8) is 0 Å². The summed E-state index contributed by atoms with van der Waals surface area (Å²) in [6, 6.07) is 24.6. The number of para-hydroxylation sites is 1. The molecule has 0 saturated carbocycles. The Morgan fingerprint density at radius 3 is 1.94 bits per heavy atom. The molecule has 0 bridgehead atoms. The minimum absolute atomic E-state index is 0.114. The molecule has 2 aliphatic heterocycles. The molecule has 3 aromatic carbocycles. The molecule has 1 spiro atoms. The molecule has 252 valence electrons. The van der Waals surface area contributed by atoms with Gasteiger partial charge in [0.25, 0.3) is 11.5 Å². The quantitative estimate of drug-likeness (QED) is 0.262. The maximum absolute atomic E-state index is 14.7. The molecule has 5 rings (SSSR count). The van der Waals surface area contributed by atoms with Gasteiger partial charge >= 0.3 is 12.3 Å². The Balaban J connectivity index is 1.44. The Labute approximate surface area is 274 Å². The number of carbonyl (C=O) groups excluding carboxylic acids is 2. The SMILES string of the molecule is CO[C@@](C(=O)N1CCC2(CCN(C(=O)OC(C)(C)C)CC2c2ccccc2OCc2ccccc2)CC1)(c1ccccc1)C(F)(F)F. The third-order valence-corrected chi connectivity index (χ3v) is 9.44. The second kappa shape index (κ2) is 13.6. The lowest BCUT2D eigenvalue weighted by Gasteiger charge is -2.52. The Morgan fingerprint density at radius 2 is 1.36 bits per heavy atom. The van der Waals surface area contributed by atoms with E-state index < -0.39 is 34.8 Å². The van der Waals surface area contributed by atoms with Gasteiger partial charge in [-0.05, 0) is 62.6 Å². The van der Waals surface area contributed by atoms with Gasteiger partial charge in [0.05, 0.1) is 0 Å². The Hall–Kier alpha value is -4.05. The monoisotopic (exact) mass is 652 g/mol. The highest BCUT2D eigenvalue weighted by Crippen LogP contribution is 2.53. The number of carbonyl (C=O) groups is 2. The van der Waals surface area contributed by atoms with Crippen molar-refractivity contribution in [3.05, 3.63) is 102 Å². The van der Waals surface area contributed by atoms with Crippen molar-refractivity contribution < 1.29 is 37.0 Å². The predicted molar refractivity (Wildman–Crippen MR) is 172 cm³/mol. The van der Waals surface area contributed by atoms with Crippen LogP contribution >= 0.6 is 0 Å². The van der Waals surface area contributed by atoms with Crippen molar-refractivity contribution in [3.8, 4) is 5.75 Å². The summed E-state index contributed by atoms with van der Waals surface area (Å²) in [6.07, 6.45) is -3.90. The van der Waals surface area contributed by atoms with Crippen LogP contribution in [0.5, 0.6) is 5.75 Å². The van der Waals surface area contributed by atoms with Crippen LogP contribution < -0.4 is 4.74 Å². The first-order valence-corrected chi connectivity index (χ1v) is 16.0. The first kappa shape index (κ1) is 34.3. The third kappa shape index (κ3) is 7.12. The molecule has 3 aromatic rings. The van der Waals surface area contributed by atoms with Crippen molar-refractivity contribution in [2.75, 3.05) is 33.3 Å². The van der Waals surface area contributed by atoms with Crippen LogP contribution in [-0.2, 0) is 26.5 Å². The molecule has 2 amide bonds. The lowest BCUT2D eigenvalue weighted by molar-refractivity contribution is -0.271. The number of likely N-dealkylation sites (tertiary alicyclic amines) is 2. The van der Waals surface area contributed by atoms with E-state index in [0.29, 0.717) is 44.7 Å². The second-order valence-corrected chi connectivity index (χ2v) is 13.4. The van der Waals surface area contributed by atoms with Crippen molar-refractivity contribution in [1.82, 2.24) is 9.80 Å². The number of hydrogen-bond donors (Lipinski definition) is 0. The molecule has 0 aromatic heterocycles. The average Bonchev–Trinajstić information content (AvgIpc) is 3.04. The molecule has 2 fully saturated rings. The average molecular weight is 653 g/mol. The van der Waals surface area contributed by atoms with Gasteiger partial charge in [-0.1, -0.05) is 78.9 Å². The van der Waals surface area contributed by atoms with Crippen LogP contribution in [0.25, 0.3) is 0 Å². The van der Waals surface area contributed by atoms with E-state index in [1.165, 1.54) is 29.2 Å². The van der Waals surface area contributed by atoms with Crippen molar-refractivity contribution in [2.24, 2.45) is 5.41 Å². The first-order valence-electron chi connectivity index (χ1n) is 16.0. The van der Waals surface area contributed by atoms with E-state index in [-0.39, 0.29) is 24.6 Å². The molecule has 47 heavy (non-hydrogen) atoms. The summed E-state index contributed by atoms with van der Waals surface area (Å²) in [7, 11) is 0.929. The van der Waals surface area contributed by atoms with E-state index >= 15 is 0 Å². The zero-order valence-corrected chi connectivity index (χ0v) is 27.4. The highest BCUT2D eigenvalue weighted by molar-refractivity contribution is 5.88. The number of amides is 2. The van der Waals surface area contributed by atoms with E-state index in [9.17, 15) is 22.8 Å². The molecule has 10 heteroatoms. The lowest BCUT2D eigenvalue weighted by atomic mass is 9.62. The zero-order valence-electron chi connectivity index (χ0n) is 27.4. The van der Waals surface area contributed by atoms with Crippen LogP contribution in [0, 0.1) is 5.41 Å². The number of halogens is 3. The predicted octanol–water partition coefficient (Wildman–Crippen LogP) is 7.70. The summed E-state index contributed by atoms with van der Waals surface area (Å²) in [6.45, 7) is 6.83. The number of nitrogens with zero attached hydrogens (tertiary/aromatic N) is 2. The first-order chi connectivity index (χ1) is 22.3. The Kier molecular flexibility index (Phi) is 9.91. The summed E-state index contributed by atoms with van der Waals surface area (Å²) in [4.78, 5) is 30.1. The van der Waals surface area contributed by atoms with Crippen molar-refractivity contribution in [1.29, 1.82) is 0 Å². The summed E-state index contributed by atoms with van der Waals surface area (Å²) in [5.41, 5.74) is -2.52. The van der Waals surface area contributed by atoms with E-state index in [1.807, 2.05) is 75.4 Å². The normalized spacial score (nSPS) is 19.6. The third-order valence-electron chi connectivity index (χ3n) is 9.44. The number of piperidine rings is 2. The zero-order chi connectivity index (χ0) is 33.9. The minimum Gasteiger partial charge on any atom is -0.489 e. The van der Waals surface area contributed by atoms with Gasteiger partial charge in [0.15, 0.2) is 0 Å². The highest BCUT2D eigenvalue weighted by atomic mass is 19.4. The standard InChI is InChI=1S/C37H43F3N2O5/c1-34(2,3)47-33(44)42-24-21-35(30(25-42)29-17-11-12-18-31(29)46-26-27-13-7-5-8-14-27)19-22-41(23-20-35)32(43)36(45-4,37(38,39)40)28-15-9-6-10-16-28/h5-18,30H,19-26H2,1-4H3/t30?,36-/m1/s1. The van der Waals surface area contributed by atoms with Gasteiger partial charge in [-0.25, -0.2) is 4.79 Å². The Morgan fingerprint density at radius 1 is 0.809 bits per heavy atom. The molecular formula is C37H43F3N2O5. The molecule has 1 unspecified atom stereocenters. The molecule has 7 nitrogen and oxygen atoms in total. The molecule has 2 heterocycles. The van der Waals surface area contributed by atoms with E-state index in [4.69, 9.17) is 14.2 Å². The number of methoxy groups -OCH3 is 1. The fourth-order valence-electron chi connectivity index (χ4n) is 6.97. The van der Waals surface area contributed by atoms with Crippen LogP contribution in [-0.4, -0.2) is 66.9 Å². The van der Waals surface area contributed by atoms with Gasteiger partial charge in [0.1, 0.15) is 18.0 Å². The van der Waals surface area contributed by atoms with Gasteiger partial charge in [0, 0.05) is 44.8 Å². The van der Waals surface area contributed by atoms with Crippen LogP contribution in [0.2, 0.25) is 0 Å². The lowest BCUT2D eigenvalue weighted by Crippen LogP contribution is -2.60. The summed E-state index contributed by atoms with van der Waals surface area (Å²) in [5.74, 6) is -0.648. The fraction of sp³-hybridized carbons (Fsp3) is 0.459. The van der Waals surface area contributed by atoms with Crippen LogP contribution in [0.15, 0.2) is 84.9 Å². The largest absolute Gasteiger partial charge is 0.489 e. The molecular weight excluding hydrogens is 609 g/mol. The number of rotatable bonds is 7. The van der Waals surface area contributed by atoms with Crippen LogP contribution in [0.4, 0.5) is 18.0 Å². The Bertz CT molecular complexity index is 1520. The van der Waals surface area contributed by atoms with Crippen molar-refractivity contribution >= 4 is 12.0 Å². The van der Waals surface area contributed by atoms with Crippen LogP contribution in [0.1, 0.15) is 62.6 Å². The second-order valence-electron chi connectivity index (χ2n) is 13.4. The van der Waals surface area contributed by atoms with Crippen LogP contribution in [0.3, 0.4) is 0 Å². The molecule has 2 atom stereocenters. The summed E-state index contributed by atoms with van der Waals surface area (Å²) in [5, 5.41) is 0. The van der Waals surface area contributed by atoms with Gasteiger partial charge in [0.2, 0.25) is 0 Å². The van der Waals surface area contributed by atoms with Gasteiger partial charge in [-0.15, -0.1) is 0 Å². The van der Waals surface area contributed by atoms with Gasteiger partial charge in [-0.2, -0.15) is 13.2 Å². The topological polar surface area (TPSA) is 68.3 Å². The van der Waals surface area contributed by atoms with Gasteiger partial charge < -0.3 is 24.0 Å². The van der Waals surface area contributed by atoms with E-state index in [1.54, 1.807) is 11.0 Å². The molecule has 2 saturated heterocycles. The molecule has 0 N–H and O–H groups in total. The maximum atomic E-state index is 14.7. The smallest absolute Gasteiger partial charge is 0.430 e. The summed E-state index contributed by atoms with van der Waals surface area (Å²) < 4.78 is 61.4. The highest BCUT2D eigenvalue weighted by Gasteiger charge is 2.64. The van der Waals surface area contributed by atoms with E-state index in [2.05, 4.69) is 0 Å². The molecule has 0 radical (unpaired) electrons. The maximum Gasteiger partial charge on any atom is 0.430 e. The minimum atomic E-state index is -4.98. The molecule has 2 aliphatic rings. The molecule has 0 aliphatic carbocycles. The summed E-state index contributed by atoms with van der Waals surface area (Å²) >= 11 is 0. The number of ether oxygens (including phenoxy) is 3. The van der Waals surface area contributed by atoms with Gasteiger partial charge in [-0.3, -0.25) is 4.79 Å².